The first-order valence-electron chi connectivity index (χ1n) is 5.24. The molecular formula is C13H45N13O2. The van der Waals surface area contributed by atoms with Crippen molar-refractivity contribution in [3.05, 3.63) is 64.2 Å². The van der Waals surface area contributed by atoms with Crippen molar-refractivity contribution >= 4 is 17.1 Å². The highest BCUT2D eigenvalue weighted by Crippen LogP contribution is 2.28. The maximum atomic E-state index is 10.9. The lowest BCUT2D eigenvalue weighted by molar-refractivity contribution is -0.383. The first kappa shape index (κ1) is 63.9. The van der Waals surface area contributed by atoms with Gasteiger partial charge in [0, 0.05) is 11.8 Å². The molecule has 0 amide bonds. The number of hydrogen-bond donors (Lipinski definition) is 12. The van der Waals surface area contributed by atoms with Crippen LogP contribution in [0.2, 0.25) is 0 Å². The average Bonchev–Trinajstić information content (AvgIpc) is 2.32. The molecule has 0 atom stereocenters. The van der Waals surface area contributed by atoms with Crippen molar-refractivity contribution in [2.45, 2.75) is 6.92 Å². The number of anilines is 2. The van der Waals surface area contributed by atoms with E-state index in [0.717, 1.165) is 11.3 Å². The van der Waals surface area contributed by atoms with Crippen LogP contribution in [0.25, 0.3) is 0 Å². The monoisotopic (exact) mass is 415 g/mol. The third kappa shape index (κ3) is 15.5. The Labute approximate surface area is 167 Å². The van der Waals surface area contributed by atoms with Gasteiger partial charge in [-0.05, 0) is 24.6 Å². The molecule has 0 aromatic heterocycles. The Bertz CT molecular complexity index is 572. The molecule has 2 aromatic carbocycles. The van der Waals surface area contributed by atoms with Gasteiger partial charge in [-0.25, -0.2) is 0 Å². The van der Waals surface area contributed by atoms with Crippen LogP contribution in [0, 0.1) is 17.0 Å². The van der Waals surface area contributed by atoms with Gasteiger partial charge >= 0.3 is 0 Å². The highest BCUT2D eigenvalue weighted by atomic mass is 16.6. The molecule has 0 spiro atoms. The van der Waals surface area contributed by atoms with Crippen LogP contribution in [0.4, 0.5) is 17.1 Å². The Morgan fingerprint density at radius 3 is 1.39 bits per heavy atom. The summed E-state index contributed by atoms with van der Waals surface area (Å²) in [6.07, 6.45) is 0. The normalized spacial score (nSPS) is 6.04. The molecular weight excluding hydrogens is 370 g/mol. The summed E-state index contributed by atoms with van der Waals surface area (Å²) in [7, 11) is 0. The van der Waals surface area contributed by atoms with Crippen LogP contribution in [0.1, 0.15) is 5.56 Å². The number of nitrogens with zero attached hydrogens (tertiary/aromatic N) is 1. The van der Waals surface area contributed by atoms with Crippen molar-refractivity contribution in [2.75, 3.05) is 5.32 Å². The molecule has 0 saturated heterocycles. The third-order valence-electron chi connectivity index (χ3n) is 2.52. The number of aryl methyl sites for hydroxylation is 1. The summed E-state index contributed by atoms with van der Waals surface area (Å²) in [6.45, 7) is 1.96. The molecule has 15 nitrogen and oxygen atoms in total. The first-order chi connectivity index (χ1) is 8.18. The van der Waals surface area contributed by atoms with E-state index in [9.17, 15) is 10.1 Å². The highest BCUT2D eigenvalue weighted by Gasteiger charge is 2.12. The molecule has 0 radical (unpaired) electrons. The van der Waals surface area contributed by atoms with Gasteiger partial charge in [0.15, 0.2) is 0 Å². The number of benzene rings is 2. The summed E-state index contributed by atoms with van der Waals surface area (Å²) in [5, 5.41) is 13.9. The van der Waals surface area contributed by atoms with Gasteiger partial charge in [-0.3, -0.25) is 10.1 Å². The summed E-state index contributed by atoms with van der Waals surface area (Å²) in [5.74, 6) is 0. The van der Waals surface area contributed by atoms with Crippen LogP contribution in [-0.4, -0.2) is 4.92 Å². The molecule has 0 aliphatic carbocycles. The van der Waals surface area contributed by atoms with Gasteiger partial charge in [0.05, 0.1) is 4.92 Å². The highest BCUT2D eigenvalue weighted by molar-refractivity contribution is 5.70. The van der Waals surface area contributed by atoms with E-state index in [-0.39, 0.29) is 78.3 Å². The van der Waals surface area contributed by atoms with Crippen LogP contribution in [0.5, 0.6) is 0 Å². The van der Waals surface area contributed by atoms with E-state index in [0.29, 0.717) is 5.69 Å². The molecule has 0 fully saturated rings. The van der Waals surface area contributed by atoms with E-state index < -0.39 is 0 Å². The predicted molar refractivity (Wildman–Crippen MR) is 123 cm³/mol. The van der Waals surface area contributed by atoms with Crippen LogP contribution in [-0.2, 0) is 0 Å². The largest absolute Gasteiger partial charge is 0.350 e. The van der Waals surface area contributed by atoms with Gasteiger partial charge in [0.25, 0.3) is 5.69 Å². The maximum Gasteiger partial charge on any atom is 0.292 e. The molecule has 0 aliphatic heterocycles. The van der Waals surface area contributed by atoms with Crippen molar-refractivity contribution in [1.82, 2.24) is 67.7 Å². The smallest absolute Gasteiger partial charge is 0.292 e. The minimum Gasteiger partial charge on any atom is -0.350 e. The number of para-hydroxylation sites is 3. The van der Waals surface area contributed by atoms with Gasteiger partial charge in [-0.1, -0.05) is 30.3 Å². The lowest BCUT2D eigenvalue weighted by Gasteiger charge is -2.09. The second-order valence-electron chi connectivity index (χ2n) is 3.71. The topological polar surface area (TPSA) is 440 Å². The first-order valence-corrected chi connectivity index (χ1v) is 5.24. The molecule has 0 heterocycles. The molecule has 0 unspecified atom stereocenters. The minimum absolute atomic E-state index is 0. The molecule has 15 heteroatoms. The van der Waals surface area contributed by atoms with E-state index in [1.165, 1.54) is 6.07 Å². The second-order valence-corrected chi connectivity index (χ2v) is 3.71. The van der Waals surface area contributed by atoms with E-state index in [1.807, 2.05) is 31.2 Å². The van der Waals surface area contributed by atoms with Gasteiger partial charge in [-0.15, -0.1) is 0 Å². The number of nitro groups is 1. The van der Waals surface area contributed by atoms with Gasteiger partial charge < -0.3 is 73.0 Å². The van der Waals surface area contributed by atoms with Gasteiger partial charge in [0.2, 0.25) is 0 Å². The summed E-state index contributed by atoms with van der Waals surface area (Å²) in [6, 6.07) is 14.3. The summed E-state index contributed by atoms with van der Waals surface area (Å²) >= 11 is 0. The number of nitrogens with one attached hydrogen (secondary N) is 1. The van der Waals surface area contributed by atoms with Crippen molar-refractivity contribution in [3.8, 4) is 0 Å². The molecule has 2 rings (SSSR count). The van der Waals surface area contributed by atoms with Crippen LogP contribution >= 0.6 is 0 Å². The van der Waals surface area contributed by atoms with Crippen LogP contribution in [0.15, 0.2) is 48.5 Å². The van der Waals surface area contributed by atoms with Gasteiger partial charge in [-0.2, -0.15) is 0 Å². The Morgan fingerprint density at radius 2 is 1.00 bits per heavy atom. The SMILES string of the molecule is Cc1ccccc1Nc1ccccc1[N+](=O)[O-].N.N.N.N.N.N.N.N.N.N.N. The second kappa shape index (κ2) is 29.0. The zero-order valence-electron chi connectivity index (χ0n) is 17.2. The molecule has 2 aromatic rings. The number of nitro benzene ring substituents is 1. The Morgan fingerprint density at radius 1 is 0.643 bits per heavy atom. The third-order valence-corrected chi connectivity index (χ3v) is 2.52. The Hall–Kier alpha value is -2.80. The fourth-order valence-corrected chi connectivity index (χ4v) is 1.60. The predicted octanol–water partition coefficient (Wildman–Crippen LogP) is 5.43. The van der Waals surface area contributed by atoms with E-state index >= 15 is 0 Å². The lowest BCUT2D eigenvalue weighted by Crippen LogP contribution is -1.97. The van der Waals surface area contributed by atoms with Crippen LogP contribution in [0.3, 0.4) is 0 Å². The average molecular weight is 416 g/mol. The maximum absolute atomic E-state index is 10.9. The fraction of sp³-hybridized carbons (Fsp3) is 0.0769. The van der Waals surface area contributed by atoms with Crippen molar-refractivity contribution in [2.24, 2.45) is 0 Å². The van der Waals surface area contributed by atoms with Crippen molar-refractivity contribution < 1.29 is 4.92 Å². The summed E-state index contributed by atoms with van der Waals surface area (Å²) < 4.78 is 0. The standard InChI is InChI=1S/C13H12N2O2.11H3N/c1-10-6-2-3-7-11(10)14-12-8-4-5-9-13(12)15(16)17;;;;;;;;;;;/h2-9,14H,1H3;11*1H3. The molecule has 34 N–H and O–H groups in total. The molecule has 0 saturated carbocycles. The minimum atomic E-state index is -0.388. The van der Waals surface area contributed by atoms with E-state index in [1.54, 1.807) is 18.2 Å². The van der Waals surface area contributed by atoms with Gasteiger partial charge in [0.1, 0.15) is 5.69 Å². The zero-order chi connectivity index (χ0) is 12.3. The summed E-state index contributed by atoms with van der Waals surface area (Å²) in [5.41, 5.74) is 2.51. The molecule has 28 heavy (non-hydrogen) atoms. The summed E-state index contributed by atoms with van der Waals surface area (Å²) in [4.78, 5) is 10.5. The molecule has 174 valence electrons. The van der Waals surface area contributed by atoms with E-state index in [4.69, 9.17) is 0 Å². The number of hydrogen-bond acceptors (Lipinski definition) is 14. The Balaban J connectivity index is -0.0000000368. The molecule has 0 aliphatic rings. The van der Waals surface area contributed by atoms with Crippen LogP contribution < -0.4 is 73.0 Å². The van der Waals surface area contributed by atoms with Crippen molar-refractivity contribution in [3.63, 3.8) is 0 Å². The van der Waals surface area contributed by atoms with E-state index in [2.05, 4.69) is 5.32 Å². The molecule has 0 bridgehead atoms. The number of rotatable bonds is 3. The van der Waals surface area contributed by atoms with Crippen molar-refractivity contribution in [1.29, 1.82) is 0 Å². The zero-order valence-corrected chi connectivity index (χ0v) is 17.2. The quantitative estimate of drug-likeness (QED) is 0.219. The Kier molecular flexibility index (Phi) is 66.1. The lowest BCUT2D eigenvalue weighted by atomic mass is 10.2. The fourth-order valence-electron chi connectivity index (χ4n) is 1.60.